The maximum atomic E-state index is 6.20. The Bertz CT molecular complexity index is 280. The maximum Gasteiger partial charge on any atom is 0.670 e. The molecule has 0 spiro atoms. The van der Waals surface area contributed by atoms with Crippen LogP contribution in [0.1, 0.15) is 20.8 Å². The van der Waals surface area contributed by atoms with Crippen LogP contribution >= 0.6 is 0 Å². The number of rotatable bonds is 11. The van der Waals surface area contributed by atoms with Gasteiger partial charge in [0.2, 0.25) is 0 Å². The molecule has 0 saturated carbocycles. The molecule has 0 bridgehead atoms. The third-order valence-corrected chi connectivity index (χ3v) is 12.3. The predicted octanol–water partition coefficient (Wildman–Crippen LogP) is 3.20. The van der Waals surface area contributed by atoms with Crippen LogP contribution in [-0.2, 0) is 21.5 Å². The van der Waals surface area contributed by atoms with Crippen molar-refractivity contribution in [3.05, 3.63) is 12.3 Å². The van der Waals surface area contributed by atoms with Gasteiger partial charge in [-0.25, -0.2) is 0 Å². The molecule has 0 rings (SSSR count). The Morgan fingerprint density at radius 2 is 1.20 bits per heavy atom. The molecular weight excluding hydrogens is 308 g/mol. The van der Waals surface area contributed by atoms with Crippen LogP contribution in [0.25, 0.3) is 0 Å². The Morgan fingerprint density at radius 1 is 0.800 bits per heavy atom. The van der Waals surface area contributed by atoms with Crippen molar-refractivity contribution in [1.29, 1.82) is 0 Å². The smallest absolute Gasteiger partial charge is 0.433 e. The summed E-state index contributed by atoms with van der Waals surface area (Å²) in [4.78, 5) is 0. The Kier molecular flexibility index (Phi) is 8.67. The van der Waals surface area contributed by atoms with Crippen molar-refractivity contribution in [3.63, 3.8) is 0 Å². The zero-order valence-corrected chi connectivity index (χ0v) is 16.9. The van der Waals surface area contributed by atoms with E-state index in [9.17, 15) is 0 Å². The highest BCUT2D eigenvalue weighted by Gasteiger charge is 2.51. The zero-order valence-electron chi connectivity index (χ0n) is 13.9. The summed E-state index contributed by atoms with van der Waals surface area (Å²) in [5.41, 5.74) is 1.90. The van der Waals surface area contributed by atoms with Gasteiger partial charge >= 0.3 is 17.6 Å². The number of hydrogen-bond donors (Lipinski definition) is 0. The summed E-state index contributed by atoms with van der Waals surface area (Å²) in [5, 5.41) is 0. The first kappa shape index (κ1) is 20.2. The molecule has 0 aliphatic rings. The lowest BCUT2D eigenvalue weighted by atomic mass is 10.9. The summed E-state index contributed by atoms with van der Waals surface area (Å²) in [6, 6.07) is 0. The van der Waals surface area contributed by atoms with Gasteiger partial charge in [-0.3, -0.25) is 0 Å². The molecule has 0 N–H and O–H groups in total. The lowest BCUT2D eigenvalue weighted by Gasteiger charge is -2.37. The standard InChI is InChI=1S/C12H30O5Si3/c1-9-13-20(14-10-2,15-11-3)17-19(7,8)16-18(5,6)12-4/h12H,4,9-11H2,1-3,5-8H3. The van der Waals surface area contributed by atoms with E-state index >= 15 is 0 Å². The molecule has 8 heteroatoms. The van der Waals surface area contributed by atoms with Gasteiger partial charge in [-0.1, -0.05) is 5.70 Å². The first-order valence-electron chi connectivity index (χ1n) is 7.11. The lowest BCUT2D eigenvalue weighted by Crippen LogP contribution is -2.59. The molecule has 0 aromatic rings. The molecule has 0 aliphatic carbocycles. The molecular formula is C12H30O5Si3. The maximum absolute atomic E-state index is 6.20. The van der Waals surface area contributed by atoms with Crippen LogP contribution in [-0.4, -0.2) is 45.7 Å². The Morgan fingerprint density at radius 3 is 1.50 bits per heavy atom. The minimum absolute atomic E-state index is 0.485. The van der Waals surface area contributed by atoms with Crippen LogP contribution in [0.5, 0.6) is 0 Å². The minimum atomic E-state index is -3.12. The van der Waals surface area contributed by atoms with E-state index in [0.29, 0.717) is 19.8 Å². The van der Waals surface area contributed by atoms with Gasteiger partial charge < -0.3 is 21.5 Å². The van der Waals surface area contributed by atoms with E-state index in [-0.39, 0.29) is 0 Å². The highest BCUT2D eigenvalue weighted by atomic mass is 28.5. The average molecular weight is 339 g/mol. The molecule has 0 atom stereocenters. The van der Waals surface area contributed by atoms with E-state index in [1.54, 1.807) is 0 Å². The second kappa shape index (κ2) is 8.59. The van der Waals surface area contributed by atoms with Crippen molar-refractivity contribution >= 4 is 25.9 Å². The highest BCUT2D eigenvalue weighted by Crippen LogP contribution is 2.23. The molecule has 0 unspecified atom stereocenters. The van der Waals surface area contributed by atoms with E-state index in [0.717, 1.165) is 0 Å². The second-order valence-corrected chi connectivity index (χ2v) is 15.1. The highest BCUT2D eigenvalue weighted by molar-refractivity contribution is 6.87. The Hall–Kier alpha value is 0.191. The van der Waals surface area contributed by atoms with Crippen LogP contribution in [0, 0.1) is 0 Å². The summed E-state index contributed by atoms with van der Waals surface area (Å²) < 4.78 is 29.5. The average Bonchev–Trinajstić information content (AvgIpc) is 2.27. The summed E-state index contributed by atoms with van der Waals surface area (Å²) in [6.07, 6.45) is 0. The Labute approximate surface area is 127 Å². The van der Waals surface area contributed by atoms with Crippen molar-refractivity contribution < 1.29 is 21.5 Å². The normalized spacial score (nSPS) is 13.6. The molecule has 0 aromatic carbocycles. The van der Waals surface area contributed by atoms with Crippen molar-refractivity contribution in [1.82, 2.24) is 0 Å². The van der Waals surface area contributed by atoms with Gasteiger partial charge in [-0.2, -0.15) is 0 Å². The molecule has 120 valence electrons. The van der Waals surface area contributed by atoms with Gasteiger partial charge in [-0.05, 0) is 47.0 Å². The number of hydrogen-bond acceptors (Lipinski definition) is 5. The summed E-state index contributed by atoms with van der Waals surface area (Å²) in [5.74, 6) is 0. The van der Waals surface area contributed by atoms with Crippen LogP contribution in [0.3, 0.4) is 0 Å². The molecule has 0 fully saturated rings. The van der Waals surface area contributed by atoms with Crippen molar-refractivity contribution in [2.24, 2.45) is 0 Å². The van der Waals surface area contributed by atoms with Crippen molar-refractivity contribution in [3.8, 4) is 0 Å². The first-order valence-corrected chi connectivity index (χ1v) is 14.5. The van der Waals surface area contributed by atoms with Gasteiger partial charge in [0.05, 0.1) is 0 Å². The molecule has 0 saturated heterocycles. The molecule has 0 radical (unpaired) electrons. The van der Waals surface area contributed by atoms with Gasteiger partial charge in [-0.15, -0.1) is 6.58 Å². The van der Waals surface area contributed by atoms with Crippen molar-refractivity contribution in [2.75, 3.05) is 19.8 Å². The lowest BCUT2D eigenvalue weighted by molar-refractivity contribution is 0.00203. The quantitative estimate of drug-likeness (QED) is 0.541. The van der Waals surface area contributed by atoms with Crippen LogP contribution in [0.4, 0.5) is 0 Å². The minimum Gasteiger partial charge on any atom is -0.433 e. The monoisotopic (exact) mass is 338 g/mol. The summed E-state index contributed by atoms with van der Waals surface area (Å²) in [7, 11) is -7.47. The van der Waals surface area contributed by atoms with Crippen LogP contribution < -0.4 is 0 Å². The fraction of sp³-hybridized carbons (Fsp3) is 0.833. The van der Waals surface area contributed by atoms with E-state index in [1.165, 1.54) is 0 Å². The fourth-order valence-electron chi connectivity index (χ4n) is 1.74. The van der Waals surface area contributed by atoms with Gasteiger partial charge in [0, 0.05) is 19.8 Å². The Balaban J connectivity index is 5.05. The molecule has 20 heavy (non-hydrogen) atoms. The van der Waals surface area contributed by atoms with E-state index < -0.39 is 25.9 Å². The van der Waals surface area contributed by atoms with Crippen LogP contribution in [0.2, 0.25) is 26.2 Å². The predicted molar refractivity (Wildman–Crippen MR) is 88.0 cm³/mol. The first-order chi connectivity index (χ1) is 9.16. The zero-order chi connectivity index (χ0) is 15.9. The molecule has 0 amide bonds. The SMILES string of the molecule is C=C[Si](C)(C)O[Si](C)(C)O[Si](OCC)(OCC)OCC. The molecule has 0 heterocycles. The van der Waals surface area contributed by atoms with Crippen molar-refractivity contribution in [2.45, 2.75) is 47.0 Å². The molecule has 0 aliphatic heterocycles. The van der Waals surface area contributed by atoms with Gasteiger partial charge in [0.1, 0.15) is 0 Å². The van der Waals surface area contributed by atoms with Gasteiger partial charge in [0.15, 0.2) is 8.32 Å². The fourth-order valence-corrected chi connectivity index (χ4v) is 12.1. The molecule has 5 nitrogen and oxygen atoms in total. The van der Waals surface area contributed by atoms with E-state index in [4.69, 9.17) is 21.5 Å². The second-order valence-electron chi connectivity index (χ2n) is 5.21. The van der Waals surface area contributed by atoms with Crippen LogP contribution in [0.15, 0.2) is 12.3 Å². The summed E-state index contributed by atoms with van der Waals surface area (Å²) in [6.45, 7) is 19.2. The van der Waals surface area contributed by atoms with E-state index in [2.05, 4.69) is 19.7 Å². The summed E-state index contributed by atoms with van der Waals surface area (Å²) >= 11 is 0. The van der Waals surface area contributed by atoms with E-state index in [1.807, 2.05) is 39.6 Å². The third-order valence-electron chi connectivity index (χ3n) is 2.33. The largest absolute Gasteiger partial charge is 0.670 e. The molecule has 0 aromatic heterocycles. The topological polar surface area (TPSA) is 46.2 Å². The van der Waals surface area contributed by atoms with Gasteiger partial charge in [0.25, 0.3) is 0 Å². The third kappa shape index (κ3) is 7.27.